The molecule has 0 saturated heterocycles. The Morgan fingerprint density at radius 1 is 1.36 bits per heavy atom. The van der Waals surface area contributed by atoms with Crippen LogP contribution in [0.3, 0.4) is 0 Å². The van der Waals surface area contributed by atoms with E-state index in [0.717, 1.165) is 0 Å². The van der Waals surface area contributed by atoms with Gasteiger partial charge in [0.1, 0.15) is 5.75 Å². The van der Waals surface area contributed by atoms with Crippen LogP contribution in [0, 0.1) is 0 Å². The molecule has 0 aliphatic carbocycles. The summed E-state index contributed by atoms with van der Waals surface area (Å²) in [6.07, 6.45) is 0.234. The van der Waals surface area contributed by atoms with Crippen LogP contribution < -0.4 is 5.32 Å². The highest BCUT2D eigenvalue weighted by Gasteiger charge is 2.36. The van der Waals surface area contributed by atoms with Gasteiger partial charge in [0.15, 0.2) is 0 Å². The number of alkyl halides is 2. The Labute approximate surface area is 80.6 Å². The van der Waals surface area contributed by atoms with Gasteiger partial charge in [-0.15, -0.1) is 0 Å². The summed E-state index contributed by atoms with van der Waals surface area (Å²) in [5.41, 5.74) is 0.0741. The maximum Gasteiger partial charge on any atom is 0.275 e. The number of nitrogens with one attached hydrogen (secondary N) is 1. The second-order valence-corrected chi connectivity index (χ2v) is 3.43. The molecule has 0 fully saturated rings. The molecule has 4 heteroatoms. The summed E-state index contributed by atoms with van der Waals surface area (Å²) in [5, 5.41) is 12.2. The largest absolute Gasteiger partial charge is 0.506 e. The van der Waals surface area contributed by atoms with Gasteiger partial charge in [-0.3, -0.25) is 0 Å². The van der Waals surface area contributed by atoms with E-state index in [9.17, 15) is 13.9 Å². The number of halogens is 2. The molecular formula is C10H11F2NO. The van der Waals surface area contributed by atoms with E-state index in [1.165, 1.54) is 18.2 Å². The molecule has 0 atom stereocenters. The fraction of sp³-hybridized carbons (Fsp3) is 0.400. The average Bonchev–Trinajstić information content (AvgIpc) is 2.27. The lowest BCUT2D eigenvalue weighted by atomic mass is 10.0. The Morgan fingerprint density at radius 3 is 2.93 bits per heavy atom. The molecule has 0 amide bonds. The van der Waals surface area contributed by atoms with Gasteiger partial charge >= 0.3 is 0 Å². The number of para-hydroxylation sites is 1. The van der Waals surface area contributed by atoms with Crippen LogP contribution in [0.4, 0.5) is 14.5 Å². The Kier molecular flexibility index (Phi) is 2.06. The predicted molar refractivity (Wildman–Crippen MR) is 49.7 cm³/mol. The number of benzene rings is 1. The van der Waals surface area contributed by atoms with Crippen LogP contribution in [0.2, 0.25) is 0 Å². The Balaban J connectivity index is 2.56. The second-order valence-electron chi connectivity index (χ2n) is 3.43. The summed E-state index contributed by atoms with van der Waals surface area (Å²) in [6, 6.07) is 4.20. The van der Waals surface area contributed by atoms with Crippen molar-refractivity contribution in [1.82, 2.24) is 0 Å². The van der Waals surface area contributed by atoms with Crippen LogP contribution in [-0.2, 0) is 5.92 Å². The molecule has 0 saturated carbocycles. The topological polar surface area (TPSA) is 32.3 Å². The molecular weight excluding hydrogens is 188 g/mol. The van der Waals surface area contributed by atoms with Gasteiger partial charge in [0.05, 0.1) is 5.69 Å². The van der Waals surface area contributed by atoms with E-state index >= 15 is 0 Å². The number of phenols is 1. The van der Waals surface area contributed by atoms with Crippen LogP contribution in [-0.4, -0.2) is 11.7 Å². The summed E-state index contributed by atoms with van der Waals surface area (Å²) in [5.74, 6) is -2.94. The molecule has 1 aromatic rings. The van der Waals surface area contributed by atoms with Crippen LogP contribution in [0.1, 0.15) is 18.4 Å². The number of rotatable bonds is 0. The second kappa shape index (κ2) is 3.12. The predicted octanol–water partition coefficient (Wildman–Crippen LogP) is 2.69. The van der Waals surface area contributed by atoms with Crippen molar-refractivity contribution < 1.29 is 13.9 Å². The molecule has 76 valence electrons. The molecule has 0 spiro atoms. The van der Waals surface area contributed by atoms with E-state index in [2.05, 4.69) is 5.32 Å². The van der Waals surface area contributed by atoms with Gasteiger partial charge in [-0.2, -0.15) is 0 Å². The summed E-state index contributed by atoms with van der Waals surface area (Å²) in [7, 11) is 0. The molecule has 1 aromatic carbocycles. The summed E-state index contributed by atoms with van der Waals surface area (Å²) in [6.45, 7) is 0.472. The van der Waals surface area contributed by atoms with Gasteiger partial charge in [-0.1, -0.05) is 12.1 Å². The highest BCUT2D eigenvalue weighted by atomic mass is 19.3. The average molecular weight is 199 g/mol. The molecule has 1 aliphatic heterocycles. The monoisotopic (exact) mass is 199 g/mol. The molecule has 1 heterocycles. The normalized spacial score (nSPS) is 19.3. The lowest BCUT2D eigenvalue weighted by Crippen LogP contribution is -2.12. The van der Waals surface area contributed by atoms with Gasteiger partial charge in [0, 0.05) is 18.5 Å². The molecule has 2 N–H and O–H groups in total. The fourth-order valence-corrected chi connectivity index (χ4v) is 1.69. The number of hydrogen-bond donors (Lipinski definition) is 2. The van der Waals surface area contributed by atoms with Gasteiger partial charge < -0.3 is 10.4 Å². The van der Waals surface area contributed by atoms with Crippen molar-refractivity contribution in [3.63, 3.8) is 0 Å². The van der Waals surface area contributed by atoms with Crippen LogP contribution in [0.15, 0.2) is 18.2 Å². The van der Waals surface area contributed by atoms with E-state index in [1.807, 2.05) is 0 Å². The van der Waals surface area contributed by atoms with Crippen molar-refractivity contribution in [2.24, 2.45) is 0 Å². The van der Waals surface area contributed by atoms with E-state index < -0.39 is 5.92 Å². The maximum atomic E-state index is 13.5. The number of fused-ring (bicyclic) bond motifs is 1. The third-order valence-corrected chi connectivity index (χ3v) is 2.41. The van der Waals surface area contributed by atoms with Gasteiger partial charge in [0.2, 0.25) is 0 Å². The van der Waals surface area contributed by atoms with Crippen molar-refractivity contribution in [2.75, 3.05) is 11.9 Å². The molecule has 2 nitrogen and oxygen atoms in total. The van der Waals surface area contributed by atoms with Crippen LogP contribution in [0.25, 0.3) is 0 Å². The zero-order valence-corrected chi connectivity index (χ0v) is 7.56. The van der Waals surface area contributed by atoms with Crippen molar-refractivity contribution in [3.8, 4) is 5.75 Å². The van der Waals surface area contributed by atoms with Gasteiger partial charge in [0.25, 0.3) is 5.92 Å². The lowest BCUT2D eigenvalue weighted by Gasteiger charge is -2.16. The number of anilines is 1. The zero-order valence-electron chi connectivity index (χ0n) is 7.56. The molecule has 0 unspecified atom stereocenters. The molecule has 1 aliphatic rings. The summed E-state index contributed by atoms with van der Waals surface area (Å²) in [4.78, 5) is 0. The standard InChI is InChI=1S/C10H11F2NO/c11-10(12)5-2-6-13-9-7(10)3-1-4-8(9)14/h1,3-4,13-14H,2,5-6H2. The van der Waals surface area contributed by atoms with Crippen molar-refractivity contribution in [3.05, 3.63) is 23.8 Å². The minimum absolute atomic E-state index is 0.102. The van der Waals surface area contributed by atoms with Crippen molar-refractivity contribution in [2.45, 2.75) is 18.8 Å². The SMILES string of the molecule is Oc1cccc2c1NCCCC2(F)F. The smallest absolute Gasteiger partial charge is 0.275 e. The van der Waals surface area contributed by atoms with Gasteiger partial charge in [-0.25, -0.2) is 8.78 Å². The molecule has 0 bridgehead atoms. The number of phenolic OH excluding ortho intramolecular Hbond substituents is 1. The molecule has 2 rings (SSSR count). The van der Waals surface area contributed by atoms with Crippen molar-refractivity contribution in [1.29, 1.82) is 0 Å². The van der Waals surface area contributed by atoms with Crippen LogP contribution in [0.5, 0.6) is 5.75 Å². The zero-order chi connectivity index (χ0) is 10.2. The first-order valence-corrected chi connectivity index (χ1v) is 4.55. The Hall–Kier alpha value is -1.32. The summed E-state index contributed by atoms with van der Waals surface area (Å²) < 4.78 is 27.0. The highest BCUT2D eigenvalue weighted by molar-refractivity contribution is 5.63. The Morgan fingerprint density at radius 2 is 2.14 bits per heavy atom. The first kappa shape index (κ1) is 9.24. The van der Waals surface area contributed by atoms with Crippen LogP contribution >= 0.6 is 0 Å². The fourth-order valence-electron chi connectivity index (χ4n) is 1.69. The third kappa shape index (κ3) is 1.41. The van der Waals surface area contributed by atoms with E-state index in [0.29, 0.717) is 13.0 Å². The molecule has 0 aromatic heterocycles. The van der Waals surface area contributed by atoms with E-state index in [-0.39, 0.29) is 23.4 Å². The minimum Gasteiger partial charge on any atom is -0.506 e. The molecule has 14 heavy (non-hydrogen) atoms. The summed E-state index contributed by atoms with van der Waals surface area (Å²) >= 11 is 0. The number of aromatic hydroxyl groups is 1. The highest BCUT2D eigenvalue weighted by Crippen LogP contribution is 2.42. The third-order valence-electron chi connectivity index (χ3n) is 2.41. The van der Waals surface area contributed by atoms with E-state index in [4.69, 9.17) is 0 Å². The molecule has 0 radical (unpaired) electrons. The van der Waals surface area contributed by atoms with E-state index in [1.54, 1.807) is 0 Å². The van der Waals surface area contributed by atoms with Crippen molar-refractivity contribution >= 4 is 5.69 Å². The quantitative estimate of drug-likeness (QED) is 0.629. The maximum absolute atomic E-state index is 13.5. The first-order chi connectivity index (χ1) is 6.61. The minimum atomic E-state index is -2.84. The number of hydrogen-bond acceptors (Lipinski definition) is 2. The Bertz CT molecular complexity index is 352. The lowest BCUT2D eigenvalue weighted by molar-refractivity contribution is -0.0122. The first-order valence-electron chi connectivity index (χ1n) is 4.55. The van der Waals surface area contributed by atoms with Gasteiger partial charge in [-0.05, 0) is 12.5 Å².